The minimum absolute atomic E-state index is 0.0770. The summed E-state index contributed by atoms with van der Waals surface area (Å²) in [5.74, 6) is 0.174. The van der Waals surface area contributed by atoms with E-state index in [1.807, 2.05) is 0 Å². The summed E-state index contributed by atoms with van der Waals surface area (Å²) < 4.78 is 0. The van der Waals surface area contributed by atoms with Crippen LogP contribution in [0.2, 0.25) is 5.15 Å². The van der Waals surface area contributed by atoms with E-state index in [1.165, 1.54) is 11.0 Å². The fourth-order valence-electron chi connectivity index (χ4n) is 1.91. The van der Waals surface area contributed by atoms with Crippen LogP contribution in [-0.4, -0.2) is 48.4 Å². The molecule has 1 saturated heterocycles. The highest BCUT2D eigenvalue weighted by Crippen LogP contribution is 2.16. The van der Waals surface area contributed by atoms with Gasteiger partial charge >= 0.3 is 0 Å². The Morgan fingerprint density at radius 2 is 2.32 bits per heavy atom. The molecule has 0 radical (unpaired) electrons. The summed E-state index contributed by atoms with van der Waals surface area (Å²) in [6.07, 6.45) is 0.745. The van der Waals surface area contributed by atoms with E-state index < -0.39 is 0 Å². The zero-order valence-corrected chi connectivity index (χ0v) is 11.3. The van der Waals surface area contributed by atoms with Crippen LogP contribution in [0, 0.1) is 0 Å². The Bertz CT molecular complexity index is 507. The molecule has 102 valence electrons. The molecule has 0 saturated carbocycles. The van der Waals surface area contributed by atoms with Crippen molar-refractivity contribution in [3.8, 4) is 0 Å². The van der Waals surface area contributed by atoms with Crippen molar-refractivity contribution < 1.29 is 9.59 Å². The maximum absolute atomic E-state index is 12.4. The van der Waals surface area contributed by atoms with Gasteiger partial charge in [0.15, 0.2) is 0 Å². The van der Waals surface area contributed by atoms with Crippen LogP contribution in [0.5, 0.6) is 0 Å². The highest BCUT2D eigenvalue weighted by Gasteiger charge is 2.21. The molecular formula is C12H15ClN4O2. The van der Waals surface area contributed by atoms with Gasteiger partial charge in [0.2, 0.25) is 5.91 Å². The first-order valence-corrected chi connectivity index (χ1v) is 6.39. The molecule has 0 atom stereocenters. The van der Waals surface area contributed by atoms with Crippen molar-refractivity contribution in [2.45, 2.75) is 6.42 Å². The van der Waals surface area contributed by atoms with Crippen molar-refractivity contribution in [3.05, 3.63) is 22.8 Å². The molecule has 1 aromatic rings. The number of nitrogens with one attached hydrogen (secondary N) is 2. The fraction of sp³-hybridized carbons (Fsp3) is 0.417. The van der Waals surface area contributed by atoms with E-state index in [9.17, 15) is 9.59 Å². The number of carbonyl (C=O) groups is 2. The Balaban J connectivity index is 2.22. The quantitative estimate of drug-likeness (QED) is 0.785. The standard InChI is InChI=1S/C12H15ClN4O2/c1-14-10-6-8(5-9(13)16-10)12(19)17-4-2-3-15-11(18)7-17/h5-6H,2-4,7H2,1H3,(H,14,16)(H,15,18). The first-order valence-electron chi connectivity index (χ1n) is 6.01. The van der Waals surface area contributed by atoms with Crippen molar-refractivity contribution in [1.82, 2.24) is 15.2 Å². The van der Waals surface area contributed by atoms with E-state index in [0.29, 0.717) is 24.5 Å². The third-order valence-electron chi connectivity index (χ3n) is 2.85. The molecule has 6 nitrogen and oxygen atoms in total. The molecule has 0 bridgehead atoms. The second-order valence-electron chi connectivity index (χ2n) is 4.24. The van der Waals surface area contributed by atoms with E-state index in [2.05, 4.69) is 15.6 Å². The van der Waals surface area contributed by atoms with Gasteiger partial charge in [-0.25, -0.2) is 4.98 Å². The third kappa shape index (κ3) is 3.35. The summed E-state index contributed by atoms with van der Waals surface area (Å²) in [6, 6.07) is 3.13. The number of anilines is 1. The van der Waals surface area contributed by atoms with Crippen molar-refractivity contribution >= 4 is 29.2 Å². The van der Waals surface area contributed by atoms with E-state index in [-0.39, 0.29) is 23.5 Å². The van der Waals surface area contributed by atoms with Crippen LogP contribution in [-0.2, 0) is 4.79 Å². The zero-order valence-electron chi connectivity index (χ0n) is 10.6. The molecule has 0 aromatic carbocycles. The van der Waals surface area contributed by atoms with Crippen LogP contribution in [0.4, 0.5) is 5.82 Å². The first-order chi connectivity index (χ1) is 9.10. The van der Waals surface area contributed by atoms with Crippen LogP contribution in [0.3, 0.4) is 0 Å². The molecule has 0 aliphatic carbocycles. The van der Waals surface area contributed by atoms with Crippen molar-refractivity contribution in [2.24, 2.45) is 0 Å². The molecule has 1 aromatic heterocycles. The van der Waals surface area contributed by atoms with Crippen molar-refractivity contribution in [3.63, 3.8) is 0 Å². The average molecular weight is 283 g/mol. The monoisotopic (exact) mass is 282 g/mol. The van der Waals surface area contributed by atoms with Crippen molar-refractivity contribution in [2.75, 3.05) is 32.0 Å². The minimum Gasteiger partial charge on any atom is -0.373 e. The summed E-state index contributed by atoms with van der Waals surface area (Å²) in [4.78, 5) is 29.4. The predicted octanol–water partition coefficient (Wildman–Crippen LogP) is 0.739. The molecule has 1 aliphatic heterocycles. The van der Waals surface area contributed by atoms with Gasteiger partial charge in [-0.2, -0.15) is 0 Å². The van der Waals surface area contributed by atoms with Crippen LogP contribution in [0.25, 0.3) is 0 Å². The summed E-state index contributed by atoms with van der Waals surface area (Å²) in [5.41, 5.74) is 0.430. The fourth-order valence-corrected chi connectivity index (χ4v) is 2.12. The number of carbonyl (C=O) groups excluding carboxylic acids is 2. The number of hydrogen-bond donors (Lipinski definition) is 2. The Morgan fingerprint density at radius 1 is 1.53 bits per heavy atom. The second-order valence-corrected chi connectivity index (χ2v) is 4.63. The number of aromatic nitrogens is 1. The summed E-state index contributed by atoms with van der Waals surface area (Å²) in [6.45, 7) is 1.22. The molecule has 7 heteroatoms. The molecule has 19 heavy (non-hydrogen) atoms. The first kappa shape index (κ1) is 13.6. The van der Waals surface area contributed by atoms with Gasteiger partial charge in [0.25, 0.3) is 5.91 Å². The van der Waals surface area contributed by atoms with Crippen molar-refractivity contribution in [1.29, 1.82) is 0 Å². The van der Waals surface area contributed by atoms with E-state index in [1.54, 1.807) is 13.1 Å². The average Bonchev–Trinajstić information content (AvgIpc) is 2.61. The minimum atomic E-state index is -0.210. The summed E-state index contributed by atoms with van der Waals surface area (Å²) in [7, 11) is 1.70. The highest BCUT2D eigenvalue weighted by molar-refractivity contribution is 6.29. The maximum atomic E-state index is 12.4. The van der Waals surface area contributed by atoms with Crippen LogP contribution >= 0.6 is 11.6 Å². The predicted molar refractivity (Wildman–Crippen MR) is 72.3 cm³/mol. The summed E-state index contributed by atoms with van der Waals surface area (Å²) >= 11 is 5.87. The summed E-state index contributed by atoms with van der Waals surface area (Å²) in [5, 5.41) is 5.82. The number of pyridine rings is 1. The molecule has 2 N–H and O–H groups in total. The third-order valence-corrected chi connectivity index (χ3v) is 3.04. The second kappa shape index (κ2) is 5.88. The lowest BCUT2D eigenvalue weighted by molar-refractivity contribution is -0.121. The van der Waals surface area contributed by atoms with Gasteiger partial charge in [-0.05, 0) is 18.6 Å². The van der Waals surface area contributed by atoms with Gasteiger partial charge in [-0.3, -0.25) is 9.59 Å². The smallest absolute Gasteiger partial charge is 0.254 e. The number of amides is 2. The molecule has 2 rings (SSSR count). The molecule has 2 heterocycles. The molecule has 1 fully saturated rings. The van der Waals surface area contributed by atoms with Gasteiger partial charge in [0.05, 0.1) is 6.54 Å². The number of nitrogens with zero attached hydrogens (tertiary/aromatic N) is 2. The normalized spacial score (nSPS) is 15.7. The largest absolute Gasteiger partial charge is 0.373 e. The zero-order chi connectivity index (χ0) is 13.8. The lowest BCUT2D eigenvalue weighted by Gasteiger charge is -2.19. The van der Waals surface area contributed by atoms with Crippen LogP contribution in [0.1, 0.15) is 16.8 Å². The maximum Gasteiger partial charge on any atom is 0.254 e. The molecular weight excluding hydrogens is 268 g/mol. The van der Waals surface area contributed by atoms with Gasteiger partial charge in [-0.15, -0.1) is 0 Å². The Hall–Kier alpha value is -1.82. The van der Waals surface area contributed by atoms with Gasteiger partial charge < -0.3 is 15.5 Å². The number of rotatable bonds is 2. The number of halogens is 1. The SMILES string of the molecule is CNc1cc(C(=O)N2CCCNC(=O)C2)cc(Cl)n1. The van der Waals surface area contributed by atoms with Gasteiger partial charge in [0, 0.05) is 25.7 Å². The molecule has 0 unspecified atom stereocenters. The lowest BCUT2D eigenvalue weighted by Crippen LogP contribution is -2.37. The molecule has 0 spiro atoms. The van der Waals surface area contributed by atoms with Gasteiger partial charge in [-0.1, -0.05) is 11.6 Å². The van der Waals surface area contributed by atoms with Crippen LogP contribution in [0.15, 0.2) is 12.1 Å². The molecule has 2 amide bonds. The lowest BCUT2D eigenvalue weighted by atomic mass is 10.2. The highest BCUT2D eigenvalue weighted by atomic mass is 35.5. The topological polar surface area (TPSA) is 74.3 Å². The van der Waals surface area contributed by atoms with Gasteiger partial charge in [0.1, 0.15) is 11.0 Å². The Kier molecular flexibility index (Phi) is 4.21. The van der Waals surface area contributed by atoms with E-state index >= 15 is 0 Å². The molecule has 1 aliphatic rings. The Morgan fingerprint density at radius 3 is 3.05 bits per heavy atom. The number of hydrogen-bond acceptors (Lipinski definition) is 4. The van der Waals surface area contributed by atoms with E-state index in [4.69, 9.17) is 11.6 Å². The van der Waals surface area contributed by atoms with Crippen LogP contribution < -0.4 is 10.6 Å². The Labute approximate surface area is 116 Å². The van der Waals surface area contributed by atoms with E-state index in [0.717, 1.165) is 6.42 Å².